The quantitative estimate of drug-likeness (QED) is 0.824. The molecule has 116 valence electrons. The Labute approximate surface area is 126 Å². The van der Waals surface area contributed by atoms with Crippen LogP contribution in [0.25, 0.3) is 0 Å². The monoisotopic (exact) mass is 310 g/mol. The Kier molecular flexibility index (Phi) is 4.31. The first-order valence-electron chi connectivity index (χ1n) is 7.50. The van der Waals surface area contributed by atoms with Crippen LogP contribution in [-0.4, -0.2) is 40.3 Å². The van der Waals surface area contributed by atoms with Gasteiger partial charge in [0, 0.05) is 0 Å². The molecule has 2 aliphatic rings. The van der Waals surface area contributed by atoms with E-state index < -0.39 is 10.0 Å². The Bertz CT molecular complexity index is 585. The molecule has 2 aliphatic heterocycles. The lowest BCUT2D eigenvalue weighted by Crippen LogP contribution is -2.41. The van der Waals surface area contributed by atoms with E-state index in [9.17, 15) is 8.42 Å². The number of likely N-dealkylation sites (N-methyl/N-ethyl adjacent to an activating group) is 1. The summed E-state index contributed by atoms with van der Waals surface area (Å²) in [5.41, 5.74) is 1.13. The second-order valence-electron chi connectivity index (χ2n) is 5.83. The maximum atomic E-state index is 12.4. The highest BCUT2D eigenvalue weighted by Gasteiger charge is 2.42. The maximum absolute atomic E-state index is 12.4. The Balaban J connectivity index is 1.67. The molecule has 2 N–H and O–H groups in total. The Morgan fingerprint density at radius 1 is 1.24 bits per heavy atom. The van der Waals surface area contributed by atoms with Gasteiger partial charge in [0.1, 0.15) is 0 Å². The van der Waals surface area contributed by atoms with Crippen LogP contribution < -0.4 is 10.0 Å². The van der Waals surface area contributed by atoms with Gasteiger partial charge in [-0.1, -0.05) is 12.1 Å². The molecule has 2 heterocycles. The number of sulfonamides is 1. The van der Waals surface area contributed by atoms with Gasteiger partial charge in [-0.3, -0.25) is 0 Å². The van der Waals surface area contributed by atoms with Gasteiger partial charge in [0.05, 0.1) is 23.1 Å². The molecule has 5 nitrogen and oxygen atoms in total. The molecule has 2 fully saturated rings. The molecule has 3 rings (SSSR count). The van der Waals surface area contributed by atoms with Crippen LogP contribution in [-0.2, 0) is 21.2 Å². The van der Waals surface area contributed by atoms with Gasteiger partial charge in [-0.25, -0.2) is 13.1 Å². The molecule has 3 atom stereocenters. The minimum atomic E-state index is -3.45. The number of rotatable bonds is 6. The molecular weight excluding hydrogens is 288 g/mol. The van der Waals surface area contributed by atoms with Crippen LogP contribution in [0.1, 0.15) is 24.8 Å². The summed E-state index contributed by atoms with van der Waals surface area (Å²) in [4.78, 5) is 0.332. The van der Waals surface area contributed by atoms with E-state index in [1.165, 1.54) is 0 Å². The first kappa shape index (κ1) is 15.0. The van der Waals surface area contributed by atoms with E-state index in [1.54, 1.807) is 12.1 Å². The Morgan fingerprint density at radius 3 is 2.57 bits per heavy atom. The topological polar surface area (TPSA) is 67.4 Å². The summed E-state index contributed by atoms with van der Waals surface area (Å²) < 4.78 is 33.3. The highest BCUT2D eigenvalue weighted by Crippen LogP contribution is 2.35. The van der Waals surface area contributed by atoms with Crippen molar-refractivity contribution in [1.29, 1.82) is 0 Å². The SMILES string of the molecule is CNCCc1ccc(S(=O)(=O)NC2CC3CCC2O3)cc1. The Morgan fingerprint density at radius 2 is 2.00 bits per heavy atom. The standard InChI is InChI=1S/C15H22N2O3S/c1-16-9-8-11-2-5-13(6-3-11)21(18,19)17-14-10-12-4-7-15(14)20-12/h2-3,5-6,12,14-17H,4,7-10H2,1H3. The van der Waals surface area contributed by atoms with Crippen LogP contribution in [0.5, 0.6) is 0 Å². The smallest absolute Gasteiger partial charge is 0.240 e. The Hall–Kier alpha value is -0.950. The largest absolute Gasteiger partial charge is 0.373 e. The summed E-state index contributed by atoms with van der Waals surface area (Å²) in [6.07, 6.45) is 4.00. The van der Waals surface area contributed by atoms with E-state index in [2.05, 4.69) is 10.0 Å². The van der Waals surface area contributed by atoms with Crippen LogP contribution in [0.3, 0.4) is 0 Å². The molecule has 0 aliphatic carbocycles. The molecule has 2 bridgehead atoms. The van der Waals surface area contributed by atoms with E-state index in [4.69, 9.17) is 4.74 Å². The number of benzene rings is 1. The van der Waals surface area contributed by atoms with Crippen molar-refractivity contribution in [1.82, 2.24) is 10.0 Å². The predicted molar refractivity (Wildman–Crippen MR) is 80.7 cm³/mol. The zero-order valence-corrected chi connectivity index (χ0v) is 13.0. The molecule has 3 unspecified atom stereocenters. The van der Waals surface area contributed by atoms with Crippen molar-refractivity contribution in [2.24, 2.45) is 0 Å². The fourth-order valence-corrected chi connectivity index (χ4v) is 4.41. The van der Waals surface area contributed by atoms with Crippen molar-refractivity contribution in [3.8, 4) is 0 Å². The van der Waals surface area contributed by atoms with Crippen LogP contribution in [0.4, 0.5) is 0 Å². The molecule has 0 saturated carbocycles. The zero-order chi connectivity index (χ0) is 14.9. The highest BCUT2D eigenvalue weighted by molar-refractivity contribution is 7.89. The van der Waals surface area contributed by atoms with Gasteiger partial charge in [0.15, 0.2) is 0 Å². The van der Waals surface area contributed by atoms with Gasteiger partial charge in [0.2, 0.25) is 10.0 Å². The number of hydrogen-bond donors (Lipinski definition) is 2. The average Bonchev–Trinajstić information content (AvgIpc) is 3.07. The average molecular weight is 310 g/mol. The summed E-state index contributed by atoms with van der Waals surface area (Å²) in [6, 6.07) is 7.05. The second-order valence-corrected chi connectivity index (χ2v) is 7.55. The summed E-state index contributed by atoms with van der Waals surface area (Å²) in [5, 5.41) is 3.08. The van der Waals surface area contributed by atoms with E-state index >= 15 is 0 Å². The molecule has 2 saturated heterocycles. The molecule has 1 aromatic carbocycles. The summed E-state index contributed by atoms with van der Waals surface area (Å²) in [6.45, 7) is 0.882. The van der Waals surface area contributed by atoms with E-state index in [1.807, 2.05) is 19.2 Å². The van der Waals surface area contributed by atoms with Crippen molar-refractivity contribution in [2.75, 3.05) is 13.6 Å². The van der Waals surface area contributed by atoms with Crippen molar-refractivity contribution < 1.29 is 13.2 Å². The fraction of sp³-hybridized carbons (Fsp3) is 0.600. The van der Waals surface area contributed by atoms with Crippen LogP contribution in [0.15, 0.2) is 29.2 Å². The number of hydrogen-bond acceptors (Lipinski definition) is 4. The molecule has 21 heavy (non-hydrogen) atoms. The second kappa shape index (κ2) is 6.04. The molecule has 0 aromatic heterocycles. The molecular formula is C15H22N2O3S. The number of ether oxygens (including phenoxy) is 1. The molecule has 1 aromatic rings. The summed E-state index contributed by atoms with van der Waals surface area (Å²) in [5.74, 6) is 0. The van der Waals surface area contributed by atoms with E-state index in [-0.39, 0.29) is 18.2 Å². The molecule has 0 spiro atoms. The van der Waals surface area contributed by atoms with Crippen LogP contribution in [0, 0.1) is 0 Å². The third-order valence-corrected chi connectivity index (χ3v) is 5.82. The van der Waals surface area contributed by atoms with Crippen molar-refractivity contribution in [2.45, 2.75) is 48.8 Å². The number of fused-ring (bicyclic) bond motifs is 2. The third kappa shape index (κ3) is 3.29. The lowest BCUT2D eigenvalue weighted by atomic mass is 9.96. The summed E-state index contributed by atoms with van der Waals surface area (Å²) >= 11 is 0. The predicted octanol–water partition coefficient (Wildman–Crippen LogP) is 1.05. The van der Waals surface area contributed by atoms with Crippen molar-refractivity contribution in [3.05, 3.63) is 29.8 Å². The van der Waals surface area contributed by atoms with Gasteiger partial charge in [0.25, 0.3) is 0 Å². The molecule has 6 heteroatoms. The van der Waals surface area contributed by atoms with Crippen LogP contribution >= 0.6 is 0 Å². The minimum Gasteiger partial charge on any atom is -0.373 e. The van der Waals surface area contributed by atoms with Crippen molar-refractivity contribution in [3.63, 3.8) is 0 Å². The zero-order valence-electron chi connectivity index (χ0n) is 12.2. The van der Waals surface area contributed by atoms with Gasteiger partial charge in [-0.05, 0) is 57.0 Å². The normalized spacial score (nSPS) is 28.1. The first-order chi connectivity index (χ1) is 10.1. The fourth-order valence-electron chi connectivity index (χ4n) is 3.13. The highest BCUT2D eigenvalue weighted by atomic mass is 32.2. The lowest BCUT2D eigenvalue weighted by molar-refractivity contribution is 0.0996. The van der Waals surface area contributed by atoms with E-state index in [0.29, 0.717) is 4.90 Å². The lowest BCUT2D eigenvalue weighted by Gasteiger charge is -2.20. The van der Waals surface area contributed by atoms with Gasteiger partial charge < -0.3 is 10.1 Å². The number of nitrogens with one attached hydrogen (secondary N) is 2. The summed E-state index contributed by atoms with van der Waals surface area (Å²) in [7, 11) is -1.55. The third-order valence-electron chi connectivity index (χ3n) is 4.31. The van der Waals surface area contributed by atoms with Gasteiger partial charge >= 0.3 is 0 Å². The minimum absolute atomic E-state index is 0.0553. The molecule has 0 amide bonds. The van der Waals surface area contributed by atoms with Gasteiger partial charge in [-0.2, -0.15) is 0 Å². The van der Waals surface area contributed by atoms with Gasteiger partial charge in [-0.15, -0.1) is 0 Å². The first-order valence-corrected chi connectivity index (χ1v) is 8.98. The molecule has 0 radical (unpaired) electrons. The van der Waals surface area contributed by atoms with E-state index in [0.717, 1.165) is 37.8 Å². The van der Waals surface area contributed by atoms with Crippen LogP contribution in [0.2, 0.25) is 0 Å². The maximum Gasteiger partial charge on any atom is 0.240 e. The van der Waals surface area contributed by atoms with Crippen molar-refractivity contribution >= 4 is 10.0 Å².